The summed E-state index contributed by atoms with van der Waals surface area (Å²) in [6.45, 7) is 2.94. The highest BCUT2D eigenvalue weighted by atomic mass is 32.2. The van der Waals surface area contributed by atoms with Crippen LogP contribution in [0.25, 0.3) is 0 Å². The molecule has 1 rings (SSSR count). The molecule has 0 heterocycles. The molecule has 88 valence electrons. The largest absolute Gasteiger partial charge is 0.353 e. The lowest BCUT2D eigenvalue weighted by molar-refractivity contribution is -0.121. The number of carbonyl (C=O) groups is 1. The molecule has 0 saturated heterocycles. The number of rotatable bonds is 8. The number of nitrogens with one attached hydrogen (secondary N) is 2. The van der Waals surface area contributed by atoms with Crippen molar-refractivity contribution in [2.75, 3.05) is 18.6 Å². The third-order valence-corrected chi connectivity index (χ3v) is 3.32. The standard InChI is InChI=1S/C11H22N2OS/c1-3-9(8-15-2)13-11(14)6-7-12-10-4-5-10/h9-10,12H,3-8H2,1-2H3,(H,13,14). The zero-order chi connectivity index (χ0) is 11.1. The Morgan fingerprint density at radius 1 is 1.53 bits per heavy atom. The Morgan fingerprint density at radius 3 is 2.80 bits per heavy atom. The van der Waals surface area contributed by atoms with E-state index in [1.807, 2.05) is 0 Å². The molecule has 0 spiro atoms. The Kier molecular flexibility index (Phi) is 6.10. The molecular formula is C11H22N2OS. The van der Waals surface area contributed by atoms with Crippen molar-refractivity contribution in [1.82, 2.24) is 10.6 Å². The van der Waals surface area contributed by atoms with Gasteiger partial charge in [-0.15, -0.1) is 0 Å². The number of amides is 1. The van der Waals surface area contributed by atoms with Gasteiger partial charge in [0.25, 0.3) is 0 Å². The van der Waals surface area contributed by atoms with Gasteiger partial charge in [-0.2, -0.15) is 11.8 Å². The highest BCUT2D eigenvalue weighted by Crippen LogP contribution is 2.18. The van der Waals surface area contributed by atoms with Crippen LogP contribution in [0.3, 0.4) is 0 Å². The van der Waals surface area contributed by atoms with Gasteiger partial charge in [0.2, 0.25) is 5.91 Å². The second kappa shape index (κ2) is 7.12. The molecule has 1 aliphatic carbocycles. The minimum Gasteiger partial charge on any atom is -0.353 e. The van der Waals surface area contributed by atoms with Crippen LogP contribution >= 0.6 is 11.8 Å². The fraction of sp³-hybridized carbons (Fsp3) is 0.909. The monoisotopic (exact) mass is 230 g/mol. The van der Waals surface area contributed by atoms with Gasteiger partial charge in [-0.1, -0.05) is 6.92 Å². The van der Waals surface area contributed by atoms with Crippen molar-refractivity contribution in [2.24, 2.45) is 0 Å². The van der Waals surface area contributed by atoms with Gasteiger partial charge in [0, 0.05) is 30.8 Å². The highest BCUT2D eigenvalue weighted by Gasteiger charge is 2.20. The van der Waals surface area contributed by atoms with Crippen LogP contribution in [0.1, 0.15) is 32.6 Å². The Morgan fingerprint density at radius 2 is 2.27 bits per heavy atom. The maximum atomic E-state index is 11.5. The first-order chi connectivity index (χ1) is 7.26. The van der Waals surface area contributed by atoms with E-state index in [1.54, 1.807) is 11.8 Å². The number of carbonyl (C=O) groups excluding carboxylic acids is 1. The minimum absolute atomic E-state index is 0.184. The molecule has 15 heavy (non-hydrogen) atoms. The van der Waals surface area contributed by atoms with Gasteiger partial charge < -0.3 is 10.6 Å². The van der Waals surface area contributed by atoms with E-state index in [4.69, 9.17) is 0 Å². The average Bonchev–Trinajstić information content (AvgIpc) is 3.01. The molecule has 0 radical (unpaired) electrons. The van der Waals surface area contributed by atoms with Crippen molar-refractivity contribution >= 4 is 17.7 Å². The first-order valence-electron chi connectivity index (χ1n) is 5.78. The van der Waals surface area contributed by atoms with Crippen molar-refractivity contribution < 1.29 is 4.79 Å². The van der Waals surface area contributed by atoms with Gasteiger partial charge in [0.15, 0.2) is 0 Å². The maximum Gasteiger partial charge on any atom is 0.221 e. The van der Waals surface area contributed by atoms with Crippen LogP contribution in [-0.2, 0) is 4.79 Å². The average molecular weight is 230 g/mol. The molecule has 1 saturated carbocycles. The van der Waals surface area contributed by atoms with Gasteiger partial charge in [0.1, 0.15) is 0 Å². The van der Waals surface area contributed by atoms with Gasteiger partial charge in [-0.25, -0.2) is 0 Å². The molecule has 0 bridgehead atoms. The van der Waals surface area contributed by atoms with Crippen LogP contribution in [0.15, 0.2) is 0 Å². The van der Waals surface area contributed by atoms with Crippen molar-refractivity contribution in [3.8, 4) is 0 Å². The molecule has 1 unspecified atom stereocenters. The Labute approximate surface area is 96.8 Å². The minimum atomic E-state index is 0.184. The van der Waals surface area contributed by atoms with Crippen LogP contribution in [0, 0.1) is 0 Å². The summed E-state index contributed by atoms with van der Waals surface area (Å²) in [6, 6.07) is 1.04. The fourth-order valence-electron chi connectivity index (χ4n) is 1.44. The number of hydrogen-bond acceptors (Lipinski definition) is 3. The lowest BCUT2D eigenvalue weighted by Crippen LogP contribution is -2.37. The van der Waals surface area contributed by atoms with Gasteiger partial charge in [-0.05, 0) is 25.5 Å². The first kappa shape index (κ1) is 12.8. The summed E-state index contributed by atoms with van der Waals surface area (Å²) in [7, 11) is 0. The molecule has 1 fully saturated rings. The van der Waals surface area contributed by atoms with E-state index in [2.05, 4.69) is 23.8 Å². The third-order valence-electron chi connectivity index (χ3n) is 2.59. The van der Waals surface area contributed by atoms with E-state index in [-0.39, 0.29) is 5.91 Å². The Balaban J connectivity index is 2.03. The third kappa shape index (κ3) is 6.05. The lowest BCUT2D eigenvalue weighted by atomic mass is 10.2. The predicted molar refractivity (Wildman–Crippen MR) is 66.2 cm³/mol. The van der Waals surface area contributed by atoms with E-state index >= 15 is 0 Å². The molecule has 1 aliphatic rings. The summed E-state index contributed by atoms with van der Waals surface area (Å²) in [5, 5.41) is 6.41. The normalized spacial score (nSPS) is 17.5. The van der Waals surface area contributed by atoms with E-state index in [0.29, 0.717) is 18.5 Å². The van der Waals surface area contributed by atoms with Crippen LogP contribution in [0.4, 0.5) is 0 Å². The molecule has 0 aromatic heterocycles. The maximum absolute atomic E-state index is 11.5. The summed E-state index contributed by atoms with van der Waals surface area (Å²) in [6.07, 6.45) is 6.27. The van der Waals surface area contributed by atoms with Gasteiger partial charge in [0.05, 0.1) is 0 Å². The van der Waals surface area contributed by atoms with Gasteiger partial charge >= 0.3 is 0 Å². The molecule has 0 aliphatic heterocycles. The Hall–Kier alpha value is -0.220. The molecule has 2 N–H and O–H groups in total. The topological polar surface area (TPSA) is 41.1 Å². The fourth-order valence-corrected chi connectivity index (χ4v) is 2.16. The van der Waals surface area contributed by atoms with Crippen LogP contribution < -0.4 is 10.6 Å². The van der Waals surface area contributed by atoms with Crippen molar-refractivity contribution in [1.29, 1.82) is 0 Å². The van der Waals surface area contributed by atoms with E-state index in [1.165, 1.54) is 12.8 Å². The molecule has 1 amide bonds. The van der Waals surface area contributed by atoms with Crippen LogP contribution in [-0.4, -0.2) is 36.5 Å². The Bertz CT molecular complexity index is 195. The summed E-state index contributed by atoms with van der Waals surface area (Å²) in [5.41, 5.74) is 0. The van der Waals surface area contributed by atoms with Crippen molar-refractivity contribution in [3.05, 3.63) is 0 Å². The second-order valence-electron chi connectivity index (χ2n) is 4.11. The zero-order valence-corrected chi connectivity index (χ0v) is 10.5. The quantitative estimate of drug-likeness (QED) is 0.662. The molecule has 4 heteroatoms. The molecular weight excluding hydrogens is 208 g/mol. The summed E-state index contributed by atoms with van der Waals surface area (Å²) >= 11 is 1.78. The zero-order valence-electron chi connectivity index (χ0n) is 9.71. The van der Waals surface area contributed by atoms with Crippen LogP contribution in [0.5, 0.6) is 0 Å². The van der Waals surface area contributed by atoms with E-state index < -0.39 is 0 Å². The highest BCUT2D eigenvalue weighted by molar-refractivity contribution is 7.98. The second-order valence-corrected chi connectivity index (χ2v) is 5.02. The molecule has 1 atom stereocenters. The lowest BCUT2D eigenvalue weighted by Gasteiger charge is -2.15. The first-order valence-corrected chi connectivity index (χ1v) is 7.17. The van der Waals surface area contributed by atoms with E-state index in [9.17, 15) is 4.79 Å². The number of hydrogen-bond donors (Lipinski definition) is 2. The number of thioether (sulfide) groups is 1. The van der Waals surface area contributed by atoms with Crippen LogP contribution in [0.2, 0.25) is 0 Å². The SMILES string of the molecule is CCC(CSC)NC(=O)CCNC1CC1. The van der Waals surface area contributed by atoms with Crippen molar-refractivity contribution in [2.45, 2.75) is 44.7 Å². The summed E-state index contributed by atoms with van der Waals surface area (Å²) in [5.74, 6) is 1.20. The summed E-state index contributed by atoms with van der Waals surface area (Å²) in [4.78, 5) is 11.5. The van der Waals surface area contributed by atoms with Crippen molar-refractivity contribution in [3.63, 3.8) is 0 Å². The molecule has 3 nitrogen and oxygen atoms in total. The van der Waals surface area contributed by atoms with E-state index in [0.717, 1.165) is 18.7 Å². The molecule has 0 aromatic carbocycles. The molecule has 0 aromatic rings. The summed E-state index contributed by atoms with van der Waals surface area (Å²) < 4.78 is 0. The smallest absolute Gasteiger partial charge is 0.221 e. The van der Waals surface area contributed by atoms with Gasteiger partial charge in [-0.3, -0.25) is 4.79 Å². The predicted octanol–water partition coefficient (Wildman–Crippen LogP) is 1.39.